The monoisotopic (exact) mass is 968 g/mol. The van der Waals surface area contributed by atoms with Crippen LogP contribution < -0.4 is 19.3 Å². The Hall–Kier alpha value is -4.91. The summed E-state index contributed by atoms with van der Waals surface area (Å²) in [4.78, 5) is 32.2. The molecule has 5 aromatic heterocycles. The number of aryl methyl sites for hydroxylation is 4. The quantitative estimate of drug-likeness (QED) is 0.0732. The fraction of sp³-hybridized carbons (Fsp3) is 0.438. The number of nitrogens with zero attached hydrogens (tertiary/aromatic N) is 11. The number of unbranched alkanes of at least 4 members (excludes halogenated alkanes) is 1. The smallest absolute Gasteiger partial charge is 0.352 e. The van der Waals surface area contributed by atoms with E-state index >= 15 is 0 Å². The van der Waals surface area contributed by atoms with Crippen LogP contribution in [-0.2, 0) is 38.6 Å². The van der Waals surface area contributed by atoms with Crippen molar-refractivity contribution >= 4 is 88.1 Å². The summed E-state index contributed by atoms with van der Waals surface area (Å²) in [5.41, 5.74) is 2.72. The zero-order chi connectivity index (χ0) is 45.1. The van der Waals surface area contributed by atoms with Crippen molar-refractivity contribution in [3.63, 3.8) is 0 Å². The highest BCUT2D eigenvalue weighted by molar-refractivity contribution is 8.15. The van der Waals surface area contributed by atoms with Gasteiger partial charge in [0.15, 0.2) is 10.00 Å². The summed E-state index contributed by atoms with van der Waals surface area (Å²) in [6.45, 7) is 9.52. The zero-order valence-electron chi connectivity index (χ0n) is 37.0. The van der Waals surface area contributed by atoms with E-state index in [1.54, 1.807) is 46.8 Å². The molecule has 0 spiro atoms. The lowest BCUT2D eigenvalue weighted by molar-refractivity contribution is -0.675. The first-order valence-electron chi connectivity index (χ1n) is 22.9. The number of thioether (sulfide) groups is 1. The number of benzene rings is 2. The number of halogens is 3. The summed E-state index contributed by atoms with van der Waals surface area (Å²) in [7, 11) is 0. The minimum atomic E-state index is -4.30. The molecule has 8 heterocycles. The number of rotatable bonds is 15. The number of aromatic nitrogens is 6. The third kappa shape index (κ3) is 10.6. The van der Waals surface area contributed by atoms with E-state index in [1.165, 1.54) is 27.3 Å². The number of amidine groups is 1. The van der Waals surface area contributed by atoms with Gasteiger partial charge in [0.2, 0.25) is 5.13 Å². The third-order valence-corrected chi connectivity index (χ3v) is 17.2. The minimum Gasteiger partial charge on any atom is -0.352 e. The van der Waals surface area contributed by atoms with Crippen LogP contribution in [0.2, 0.25) is 0 Å². The van der Waals surface area contributed by atoms with Crippen LogP contribution in [-0.4, -0.2) is 105 Å². The molecule has 2 fully saturated rings. The maximum Gasteiger partial charge on any atom is 0.393 e. The van der Waals surface area contributed by atoms with Gasteiger partial charge < -0.3 is 19.6 Å². The molecule has 3 aliphatic rings. The number of aliphatic imine (C=N–C) groups is 1. The highest BCUT2D eigenvalue weighted by Crippen LogP contribution is 2.39. The van der Waals surface area contributed by atoms with Gasteiger partial charge in [0.25, 0.3) is 12.1 Å². The molecule has 18 heteroatoms. The summed E-state index contributed by atoms with van der Waals surface area (Å²) in [6, 6.07) is 25.2. The van der Waals surface area contributed by atoms with Crippen LogP contribution in [0.4, 0.5) is 29.9 Å². The lowest BCUT2D eigenvalue weighted by atomic mass is 10.1. The summed E-state index contributed by atoms with van der Waals surface area (Å²) in [5.74, 6) is 1.74. The van der Waals surface area contributed by atoms with Gasteiger partial charge in [0, 0.05) is 68.5 Å². The van der Waals surface area contributed by atoms with Crippen LogP contribution in [0, 0.1) is 0 Å². The van der Waals surface area contributed by atoms with Crippen LogP contribution in [0.3, 0.4) is 0 Å². The number of hydrogen-bond donors (Lipinski definition) is 0. The average molecular weight is 969 g/mol. The second kappa shape index (κ2) is 19.7. The molecule has 2 saturated heterocycles. The third-order valence-electron chi connectivity index (χ3n) is 12.5. The number of anilines is 3. The topological polar surface area (TPSA) is 93.6 Å². The van der Waals surface area contributed by atoms with Crippen LogP contribution in [0.25, 0.3) is 20.4 Å². The van der Waals surface area contributed by atoms with E-state index in [9.17, 15) is 13.2 Å². The molecule has 11 nitrogen and oxygen atoms in total. The maximum absolute atomic E-state index is 13.8. The van der Waals surface area contributed by atoms with E-state index in [2.05, 4.69) is 107 Å². The van der Waals surface area contributed by atoms with Crippen molar-refractivity contribution in [2.75, 3.05) is 73.6 Å². The molecule has 3 aliphatic heterocycles. The second-order valence-electron chi connectivity index (χ2n) is 17.7. The number of hydrogen-bond acceptors (Lipinski definition) is 14. The first-order valence-corrected chi connectivity index (χ1v) is 26.1. The molecule has 0 aliphatic carbocycles. The summed E-state index contributed by atoms with van der Waals surface area (Å²) in [5, 5.41) is 13.9. The SMILES string of the molecule is CC1(C[n+]2cnc(N3CCN(c4nnc(CCCc5ccccc5)s4)CC3)c3cc(CC(F)(F)F)sc32)CN=C(N2CCN(c3ncnc4sc(CCCCc5ccccc5)cc34)CC2)S1. The molecule has 66 heavy (non-hydrogen) atoms. The van der Waals surface area contributed by atoms with Crippen molar-refractivity contribution < 1.29 is 17.7 Å². The Morgan fingerprint density at radius 3 is 2.00 bits per heavy atom. The van der Waals surface area contributed by atoms with Crippen molar-refractivity contribution in [3.8, 4) is 0 Å². The largest absolute Gasteiger partial charge is 0.393 e. The van der Waals surface area contributed by atoms with Crippen molar-refractivity contribution in [2.24, 2.45) is 4.99 Å². The Morgan fingerprint density at radius 2 is 1.29 bits per heavy atom. The lowest BCUT2D eigenvalue weighted by Crippen LogP contribution is -2.49. The second-order valence-corrected chi connectivity index (χ2v) is 22.5. The average Bonchev–Trinajstić information content (AvgIpc) is 4.15. The van der Waals surface area contributed by atoms with E-state index in [0.29, 0.717) is 31.1 Å². The van der Waals surface area contributed by atoms with Crippen LogP contribution in [0.5, 0.6) is 0 Å². The van der Waals surface area contributed by atoms with Gasteiger partial charge in [-0.1, -0.05) is 95.1 Å². The molecular weight excluding hydrogens is 916 g/mol. The Labute approximate surface area is 399 Å². The minimum absolute atomic E-state index is 0.289. The van der Waals surface area contributed by atoms with Crippen molar-refractivity contribution in [3.05, 3.63) is 111 Å². The number of alkyl halides is 3. The predicted molar refractivity (Wildman–Crippen MR) is 265 cm³/mol. The molecule has 344 valence electrons. The van der Waals surface area contributed by atoms with Crippen LogP contribution in [0.1, 0.15) is 52.1 Å². The van der Waals surface area contributed by atoms with Gasteiger partial charge in [0.1, 0.15) is 33.9 Å². The summed E-state index contributed by atoms with van der Waals surface area (Å²) in [6.07, 6.45) is 5.62. The molecule has 0 bridgehead atoms. The fourth-order valence-electron chi connectivity index (χ4n) is 9.15. The molecule has 0 saturated carbocycles. The van der Waals surface area contributed by atoms with Gasteiger partial charge in [-0.3, -0.25) is 4.99 Å². The van der Waals surface area contributed by atoms with Gasteiger partial charge in [-0.2, -0.15) is 13.2 Å². The predicted octanol–water partition coefficient (Wildman–Crippen LogP) is 9.30. The van der Waals surface area contributed by atoms with Crippen LogP contribution >= 0.6 is 45.8 Å². The van der Waals surface area contributed by atoms with E-state index < -0.39 is 12.6 Å². The first kappa shape index (κ1) is 44.9. The molecular formula is C48H53F3N11S4+. The van der Waals surface area contributed by atoms with E-state index in [0.717, 1.165) is 132 Å². The highest BCUT2D eigenvalue weighted by Gasteiger charge is 2.40. The van der Waals surface area contributed by atoms with Gasteiger partial charge in [-0.05, 0) is 73.7 Å². The maximum atomic E-state index is 13.8. The van der Waals surface area contributed by atoms with Gasteiger partial charge in [-0.15, -0.1) is 21.5 Å². The van der Waals surface area contributed by atoms with Gasteiger partial charge >= 0.3 is 6.18 Å². The van der Waals surface area contributed by atoms with E-state index in [-0.39, 0.29) is 4.75 Å². The number of piperazine rings is 2. The Kier molecular flexibility index (Phi) is 13.4. The summed E-state index contributed by atoms with van der Waals surface area (Å²) >= 11 is 6.43. The Morgan fingerprint density at radius 1 is 0.652 bits per heavy atom. The Bertz CT molecular complexity index is 2760. The van der Waals surface area contributed by atoms with Crippen molar-refractivity contribution in [1.82, 2.24) is 30.0 Å². The normalized spacial score (nSPS) is 18.3. The molecule has 2 aromatic carbocycles. The van der Waals surface area contributed by atoms with Gasteiger partial charge in [-0.25, -0.2) is 14.5 Å². The number of thiophene rings is 2. The van der Waals surface area contributed by atoms with E-state index in [4.69, 9.17) is 15.0 Å². The standard InChI is InChI=1S/C48H53F3N11S4/c1-47(30-52-45(66-47)60-23-19-58(20-24-60)41-38-27-36(63-43(38)54-32-53-41)17-9-8-15-34-11-4-2-5-12-34)31-62-33-55-42(39-28-37(64-44(39)62)29-48(49,50)51)59-21-25-61(26-22-59)46-57-56-40(65-46)18-10-16-35-13-6-3-7-14-35/h2-7,11-14,27-28,32-33H,8-10,15-26,29-31H2,1H3/q+1. The zero-order valence-corrected chi connectivity index (χ0v) is 40.3. The highest BCUT2D eigenvalue weighted by atomic mass is 32.2. The van der Waals surface area contributed by atoms with Crippen molar-refractivity contribution in [1.29, 1.82) is 0 Å². The van der Waals surface area contributed by atoms with Crippen molar-refractivity contribution in [2.45, 2.75) is 75.8 Å². The van der Waals surface area contributed by atoms with E-state index in [1.807, 2.05) is 12.4 Å². The molecule has 0 N–H and O–H groups in total. The van der Waals surface area contributed by atoms with Gasteiger partial charge in [0.05, 0.1) is 23.1 Å². The van der Waals surface area contributed by atoms with Crippen LogP contribution in [0.15, 0.2) is 90.4 Å². The Balaban J connectivity index is 0.753. The molecule has 1 unspecified atom stereocenters. The molecule has 1 atom stereocenters. The first-order chi connectivity index (χ1) is 32.1. The molecule has 10 rings (SSSR count). The molecule has 0 amide bonds. The molecule has 0 radical (unpaired) electrons. The number of fused-ring (bicyclic) bond motifs is 2. The lowest BCUT2D eigenvalue weighted by Gasteiger charge is -2.36. The molecule has 7 aromatic rings. The fourth-order valence-corrected chi connectivity index (χ4v) is 13.5. The summed E-state index contributed by atoms with van der Waals surface area (Å²) < 4.78 is 43.2.